The molecule has 1 rings (SSSR count). The molecule has 0 N–H and O–H groups in total. The summed E-state index contributed by atoms with van der Waals surface area (Å²) in [5.41, 5.74) is 0.0559. The second-order valence-electron chi connectivity index (χ2n) is 4.27. The Hall–Kier alpha value is -1.29. The van der Waals surface area contributed by atoms with E-state index in [0.717, 1.165) is 0 Å². The highest BCUT2D eigenvalue weighted by Crippen LogP contribution is 2.36. The molecule has 124 valence electrons. The summed E-state index contributed by atoms with van der Waals surface area (Å²) in [6.45, 7) is 4.49. The van der Waals surface area contributed by atoms with Crippen LogP contribution in [0.15, 0.2) is 17.0 Å². The molecule has 0 spiro atoms. The van der Waals surface area contributed by atoms with Gasteiger partial charge in [0, 0.05) is 18.5 Å². The average molecular weight is 352 g/mol. The molecular formula is C12H8F8OS. The number of halogens is 8. The first-order valence-electron chi connectivity index (χ1n) is 5.52. The maximum atomic E-state index is 13.3. The Morgan fingerprint density at radius 2 is 1.41 bits per heavy atom. The fourth-order valence-corrected chi connectivity index (χ4v) is 2.00. The van der Waals surface area contributed by atoms with E-state index in [9.17, 15) is 35.1 Å². The van der Waals surface area contributed by atoms with Crippen LogP contribution in [0, 0.1) is 29.1 Å². The Kier molecular flexibility index (Phi) is 5.85. The Morgan fingerprint density at radius 3 is 1.77 bits per heavy atom. The van der Waals surface area contributed by atoms with E-state index in [2.05, 4.69) is 10.8 Å². The van der Waals surface area contributed by atoms with E-state index < -0.39 is 64.7 Å². The Labute approximate surface area is 124 Å². The molecule has 0 saturated carbocycles. The number of hydrogen-bond donors (Lipinski definition) is 0. The van der Waals surface area contributed by atoms with Gasteiger partial charge in [-0.05, 0) is 6.92 Å². The van der Waals surface area contributed by atoms with Gasteiger partial charge in [-0.15, -0.1) is 6.58 Å². The lowest BCUT2D eigenvalue weighted by Gasteiger charge is -2.20. The highest BCUT2D eigenvalue weighted by molar-refractivity contribution is 7.94. The zero-order valence-corrected chi connectivity index (χ0v) is 11.6. The normalized spacial score (nSPS) is 13.3. The first-order valence-corrected chi connectivity index (χ1v) is 6.26. The van der Waals surface area contributed by atoms with Gasteiger partial charge in [-0.1, -0.05) is 5.57 Å². The van der Waals surface area contributed by atoms with E-state index in [4.69, 9.17) is 0 Å². The van der Waals surface area contributed by atoms with Gasteiger partial charge in [0.1, 0.15) is 4.90 Å². The predicted octanol–water partition coefficient (Wildman–Crippen LogP) is 5.30. The van der Waals surface area contributed by atoms with Crippen molar-refractivity contribution in [3.63, 3.8) is 0 Å². The lowest BCUT2D eigenvalue weighted by molar-refractivity contribution is -0.190. The van der Waals surface area contributed by atoms with Crippen molar-refractivity contribution in [1.29, 1.82) is 0 Å². The van der Waals surface area contributed by atoms with E-state index >= 15 is 0 Å². The largest absolute Gasteiger partial charge is 0.416 e. The van der Waals surface area contributed by atoms with Crippen LogP contribution < -0.4 is 0 Å². The standard InChI is InChI=1S/C12H8F8OS/c1-4(2)3-5(12(18,19)20)21-22-11-9(16)7(14)6(13)8(15)10(11)17/h5H,1,3H2,2H3. The monoisotopic (exact) mass is 352 g/mol. The molecule has 1 aromatic carbocycles. The molecule has 0 radical (unpaired) electrons. The second kappa shape index (κ2) is 6.86. The van der Waals surface area contributed by atoms with Crippen molar-refractivity contribution in [2.24, 2.45) is 0 Å². The summed E-state index contributed by atoms with van der Waals surface area (Å²) in [6.07, 6.45) is -8.15. The van der Waals surface area contributed by atoms with Crippen LogP contribution in [0.2, 0.25) is 0 Å². The van der Waals surface area contributed by atoms with Crippen LogP contribution in [0.3, 0.4) is 0 Å². The van der Waals surface area contributed by atoms with Gasteiger partial charge in [0.25, 0.3) is 0 Å². The Balaban J connectivity index is 3.07. The van der Waals surface area contributed by atoms with Gasteiger partial charge in [-0.3, -0.25) is 4.18 Å². The molecule has 0 aliphatic heterocycles. The summed E-state index contributed by atoms with van der Waals surface area (Å²) in [6, 6.07) is 0. The SMILES string of the molecule is C=C(C)CC(OSc1c(F)c(F)c(F)c(F)c1F)C(F)(F)F. The molecule has 22 heavy (non-hydrogen) atoms. The minimum Gasteiger partial charge on any atom is -0.297 e. The highest BCUT2D eigenvalue weighted by Gasteiger charge is 2.41. The zero-order chi connectivity index (χ0) is 17.2. The molecule has 0 saturated heterocycles. The van der Waals surface area contributed by atoms with Gasteiger partial charge in [0.15, 0.2) is 29.4 Å². The molecule has 0 heterocycles. The fraction of sp³-hybridized carbons (Fsp3) is 0.333. The van der Waals surface area contributed by atoms with E-state index in [1.807, 2.05) is 0 Å². The van der Waals surface area contributed by atoms with E-state index in [0.29, 0.717) is 0 Å². The molecule has 10 heteroatoms. The molecule has 0 aromatic heterocycles. The summed E-state index contributed by atoms with van der Waals surface area (Å²) < 4.78 is 107. The minimum atomic E-state index is -4.91. The van der Waals surface area contributed by atoms with Crippen molar-refractivity contribution in [3.8, 4) is 0 Å². The lowest BCUT2D eigenvalue weighted by atomic mass is 10.1. The van der Waals surface area contributed by atoms with Crippen molar-refractivity contribution < 1.29 is 39.3 Å². The molecule has 1 aromatic rings. The zero-order valence-electron chi connectivity index (χ0n) is 10.8. The van der Waals surface area contributed by atoms with Gasteiger partial charge in [-0.25, -0.2) is 22.0 Å². The summed E-state index contributed by atoms with van der Waals surface area (Å²) in [4.78, 5) is -1.55. The topological polar surface area (TPSA) is 9.23 Å². The van der Waals surface area contributed by atoms with Crippen molar-refractivity contribution in [3.05, 3.63) is 41.2 Å². The van der Waals surface area contributed by atoms with E-state index in [1.54, 1.807) is 0 Å². The Morgan fingerprint density at radius 1 is 1.00 bits per heavy atom. The summed E-state index contributed by atoms with van der Waals surface area (Å²) in [5, 5.41) is 0. The lowest BCUT2D eigenvalue weighted by Crippen LogP contribution is -2.30. The van der Waals surface area contributed by atoms with Crippen LogP contribution in [-0.2, 0) is 4.18 Å². The maximum absolute atomic E-state index is 13.3. The molecule has 1 atom stereocenters. The first kappa shape index (κ1) is 18.8. The average Bonchev–Trinajstić information content (AvgIpc) is 2.40. The quantitative estimate of drug-likeness (QED) is 0.234. The van der Waals surface area contributed by atoms with Gasteiger partial charge >= 0.3 is 6.18 Å². The highest BCUT2D eigenvalue weighted by atomic mass is 32.2. The molecule has 0 amide bonds. The molecule has 0 bridgehead atoms. The minimum absolute atomic E-state index is 0.0559. The predicted molar refractivity (Wildman–Crippen MR) is 62.4 cm³/mol. The van der Waals surface area contributed by atoms with E-state index in [-0.39, 0.29) is 5.57 Å². The number of rotatable bonds is 5. The van der Waals surface area contributed by atoms with Crippen molar-refractivity contribution >= 4 is 12.0 Å². The van der Waals surface area contributed by atoms with Crippen LogP contribution in [0.25, 0.3) is 0 Å². The number of alkyl halides is 3. The van der Waals surface area contributed by atoms with E-state index in [1.165, 1.54) is 6.92 Å². The number of benzene rings is 1. The molecule has 0 aliphatic rings. The van der Waals surface area contributed by atoms with Crippen LogP contribution in [0.1, 0.15) is 13.3 Å². The third-order valence-corrected chi connectivity index (χ3v) is 3.17. The smallest absolute Gasteiger partial charge is 0.297 e. The third kappa shape index (κ3) is 4.13. The molecule has 0 aliphatic carbocycles. The number of hydrogen-bond acceptors (Lipinski definition) is 2. The van der Waals surface area contributed by atoms with Crippen LogP contribution in [0.5, 0.6) is 0 Å². The molecule has 1 nitrogen and oxygen atoms in total. The van der Waals surface area contributed by atoms with Crippen LogP contribution >= 0.6 is 12.0 Å². The second-order valence-corrected chi connectivity index (χ2v) is 5.04. The third-order valence-electron chi connectivity index (χ3n) is 2.32. The fourth-order valence-electron chi connectivity index (χ4n) is 1.28. The van der Waals surface area contributed by atoms with Crippen molar-refractivity contribution in [1.82, 2.24) is 0 Å². The maximum Gasteiger partial charge on any atom is 0.416 e. The van der Waals surface area contributed by atoms with Gasteiger partial charge in [0.05, 0.1) is 0 Å². The summed E-state index contributed by atoms with van der Waals surface area (Å²) >= 11 is -0.570. The molecular weight excluding hydrogens is 344 g/mol. The molecule has 0 fully saturated rings. The molecule has 1 unspecified atom stereocenters. The van der Waals surface area contributed by atoms with Crippen LogP contribution in [0.4, 0.5) is 35.1 Å². The van der Waals surface area contributed by atoms with Crippen molar-refractivity contribution in [2.45, 2.75) is 30.5 Å². The van der Waals surface area contributed by atoms with Crippen molar-refractivity contribution in [2.75, 3.05) is 0 Å². The summed E-state index contributed by atoms with van der Waals surface area (Å²) in [5.74, 6) is -11.5. The van der Waals surface area contributed by atoms with Crippen LogP contribution in [-0.4, -0.2) is 12.3 Å². The van der Waals surface area contributed by atoms with Gasteiger partial charge in [0.2, 0.25) is 5.82 Å². The summed E-state index contributed by atoms with van der Waals surface area (Å²) in [7, 11) is 0. The Bertz CT molecular complexity index is 554. The van der Waals surface area contributed by atoms with Gasteiger partial charge in [-0.2, -0.15) is 13.2 Å². The van der Waals surface area contributed by atoms with Gasteiger partial charge < -0.3 is 0 Å². The first-order chi connectivity index (χ1) is 9.96.